The predicted molar refractivity (Wildman–Crippen MR) is 85.7 cm³/mol. The van der Waals surface area contributed by atoms with Crippen LogP contribution in [0.4, 0.5) is 0 Å². The van der Waals surface area contributed by atoms with Gasteiger partial charge in [0.1, 0.15) is 6.54 Å². The Kier molecular flexibility index (Phi) is 4.71. The van der Waals surface area contributed by atoms with Crippen molar-refractivity contribution >= 4 is 16.9 Å². The van der Waals surface area contributed by atoms with Crippen molar-refractivity contribution in [3.63, 3.8) is 0 Å². The molecule has 2 rings (SSSR count). The summed E-state index contributed by atoms with van der Waals surface area (Å²) in [5.74, 6) is -0.226. The van der Waals surface area contributed by atoms with E-state index in [2.05, 4.69) is 5.32 Å². The highest BCUT2D eigenvalue weighted by Gasteiger charge is 2.24. The van der Waals surface area contributed by atoms with Crippen molar-refractivity contribution in [1.82, 2.24) is 14.5 Å². The fourth-order valence-electron chi connectivity index (χ4n) is 2.61. The number of nitrogens with one attached hydrogen (secondary N) is 1. The number of carbonyl (C=O) groups is 1. The third kappa shape index (κ3) is 3.06. The Morgan fingerprint density at radius 2 is 1.95 bits per heavy atom. The fraction of sp³-hybridized carbons (Fsp3) is 0.500. The van der Waals surface area contributed by atoms with Gasteiger partial charge in [0.15, 0.2) is 0 Å². The molecule has 6 nitrogen and oxygen atoms in total. The summed E-state index contributed by atoms with van der Waals surface area (Å²) in [5, 5.41) is 12.0. The van der Waals surface area contributed by atoms with Crippen LogP contribution in [0.1, 0.15) is 26.7 Å². The van der Waals surface area contributed by atoms with Crippen LogP contribution in [0.25, 0.3) is 11.0 Å². The van der Waals surface area contributed by atoms with Gasteiger partial charge in [-0.15, -0.1) is 0 Å². The van der Waals surface area contributed by atoms with Crippen LogP contribution in [0.3, 0.4) is 0 Å². The molecule has 0 aliphatic carbocycles. The lowest BCUT2D eigenvalue weighted by Crippen LogP contribution is -2.48. The molecule has 2 N–H and O–H groups in total. The van der Waals surface area contributed by atoms with E-state index in [4.69, 9.17) is 5.11 Å². The fourth-order valence-corrected chi connectivity index (χ4v) is 2.61. The summed E-state index contributed by atoms with van der Waals surface area (Å²) in [6, 6.07) is 7.39. The van der Waals surface area contributed by atoms with E-state index in [0.29, 0.717) is 12.8 Å². The number of aliphatic hydroxyl groups excluding tert-OH is 1. The number of benzene rings is 1. The minimum absolute atomic E-state index is 0.0127. The summed E-state index contributed by atoms with van der Waals surface area (Å²) in [4.78, 5) is 24.6. The van der Waals surface area contributed by atoms with Crippen molar-refractivity contribution in [1.29, 1.82) is 0 Å². The van der Waals surface area contributed by atoms with Crippen molar-refractivity contribution in [2.75, 3.05) is 6.61 Å². The summed E-state index contributed by atoms with van der Waals surface area (Å²) in [6.45, 7) is 3.84. The van der Waals surface area contributed by atoms with Crippen LogP contribution < -0.4 is 11.0 Å². The number of nitrogens with zero attached hydrogens (tertiary/aromatic N) is 2. The zero-order valence-corrected chi connectivity index (χ0v) is 13.3. The summed E-state index contributed by atoms with van der Waals surface area (Å²) in [7, 11) is 1.70. The smallest absolute Gasteiger partial charge is 0.329 e. The van der Waals surface area contributed by atoms with Crippen LogP contribution in [0.15, 0.2) is 29.1 Å². The summed E-state index contributed by atoms with van der Waals surface area (Å²) < 4.78 is 3.01. The third-order valence-corrected chi connectivity index (χ3v) is 4.24. The molecular formula is C16H23N3O3. The molecule has 1 aromatic heterocycles. The van der Waals surface area contributed by atoms with Gasteiger partial charge in [0, 0.05) is 19.2 Å². The van der Waals surface area contributed by atoms with Gasteiger partial charge in [0.2, 0.25) is 5.91 Å². The molecular weight excluding hydrogens is 282 g/mol. The van der Waals surface area contributed by atoms with Crippen molar-refractivity contribution in [3.05, 3.63) is 34.7 Å². The van der Waals surface area contributed by atoms with Crippen molar-refractivity contribution in [2.45, 2.75) is 38.8 Å². The Hall–Kier alpha value is -2.08. The van der Waals surface area contributed by atoms with Gasteiger partial charge in [-0.25, -0.2) is 4.79 Å². The number of amides is 1. The van der Waals surface area contributed by atoms with Crippen LogP contribution >= 0.6 is 0 Å². The first-order chi connectivity index (χ1) is 10.4. The minimum atomic E-state index is -0.458. The first kappa shape index (κ1) is 16.3. The summed E-state index contributed by atoms with van der Waals surface area (Å²) >= 11 is 0. The van der Waals surface area contributed by atoms with Gasteiger partial charge < -0.3 is 10.4 Å². The second kappa shape index (κ2) is 6.36. The third-order valence-electron chi connectivity index (χ3n) is 4.24. The molecule has 1 atom stereocenters. The molecule has 1 aromatic carbocycles. The van der Waals surface area contributed by atoms with Gasteiger partial charge in [-0.1, -0.05) is 19.1 Å². The van der Waals surface area contributed by atoms with Crippen LogP contribution in [-0.2, 0) is 18.4 Å². The Morgan fingerprint density at radius 3 is 2.55 bits per heavy atom. The first-order valence-electron chi connectivity index (χ1n) is 7.48. The van der Waals surface area contributed by atoms with E-state index in [9.17, 15) is 9.59 Å². The highest BCUT2D eigenvalue weighted by molar-refractivity contribution is 5.81. The van der Waals surface area contributed by atoms with Crippen LogP contribution in [0, 0.1) is 0 Å². The number of rotatable bonds is 6. The van der Waals surface area contributed by atoms with Crippen molar-refractivity contribution in [3.8, 4) is 0 Å². The Morgan fingerprint density at radius 1 is 1.32 bits per heavy atom. The Balaban J connectivity index is 2.26. The maximum atomic E-state index is 12.3. The highest BCUT2D eigenvalue weighted by atomic mass is 16.3. The van der Waals surface area contributed by atoms with E-state index >= 15 is 0 Å². The second-order valence-corrected chi connectivity index (χ2v) is 5.85. The number of hydrogen-bond donors (Lipinski definition) is 2. The Labute approximate surface area is 129 Å². The molecule has 0 saturated carbocycles. The SMILES string of the molecule is CCC(C)(CCO)NC(=O)Cn1c(=O)n(C)c2ccccc21. The zero-order valence-electron chi connectivity index (χ0n) is 13.3. The second-order valence-electron chi connectivity index (χ2n) is 5.85. The van der Waals surface area contributed by atoms with E-state index in [1.807, 2.05) is 38.1 Å². The lowest BCUT2D eigenvalue weighted by molar-refractivity contribution is -0.123. The average molecular weight is 305 g/mol. The standard InChI is InChI=1S/C16H23N3O3/c1-4-16(2,9-10-20)17-14(21)11-19-13-8-6-5-7-12(13)18(3)15(19)22/h5-8,20H,4,9-11H2,1-3H3,(H,17,21). The molecule has 0 aliphatic heterocycles. The monoisotopic (exact) mass is 305 g/mol. The maximum absolute atomic E-state index is 12.3. The molecule has 0 bridgehead atoms. The minimum Gasteiger partial charge on any atom is -0.396 e. The topological polar surface area (TPSA) is 76.3 Å². The number of hydrogen-bond acceptors (Lipinski definition) is 3. The summed E-state index contributed by atoms with van der Waals surface area (Å²) in [6.07, 6.45) is 1.20. The number of para-hydroxylation sites is 2. The van der Waals surface area contributed by atoms with Crippen LogP contribution in [-0.4, -0.2) is 32.3 Å². The average Bonchev–Trinajstić information content (AvgIpc) is 2.73. The molecule has 120 valence electrons. The molecule has 22 heavy (non-hydrogen) atoms. The highest BCUT2D eigenvalue weighted by Crippen LogP contribution is 2.15. The number of aromatic nitrogens is 2. The number of aliphatic hydroxyl groups is 1. The molecule has 2 aromatic rings. The number of carbonyl (C=O) groups excluding carboxylic acids is 1. The summed E-state index contributed by atoms with van der Waals surface area (Å²) in [5.41, 5.74) is 0.871. The quantitative estimate of drug-likeness (QED) is 0.836. The van der Waals surface area contributed by atoms with E-state index in [-0.39, 0.29) is 24.7 Å². The van der Waals surface area contributed by atoms with Crippen LogP contribution in [0.2, 0.25) is 0 Å². The van der Waals surface area contributed by atoms with Gasteiger partial charge in [-0.3, -0.25) is 13.9 Å². The lowest BCUT2D eigenvalue weighted by atomic mass is 9.95. The van der Waals surface area contributed by atoms with Gasteiger partial charge >= 0.3 is 5.69 Å². The molecule has 0 aliphatic rings. The van der Waals surface area contributed by atoms with E-state index in [1.54, 1.807) is 7.05 Å². The molecule has 1 amide bonds. The molecule has 0 saturated heterocycles. The molecule has 0 radical (unpaired) electrons. The Bertz CT molecular complexity index is 732. The number of fused-ring (bicyclic) bond motifs is 1. The molecule has 6 heteroatoms. The first-order valence-corrected chi connectivity index (χ1v) is 7.48. The number of aryl methyl sites for hydroxylation is 1. The number of imidazole rings is 1. The van der Waals surface area contributed by atoms with E-state index in [1.165, 1.54) is 9.13 Å². The predicted octanol–water partition coefficient (Wildman–Crippen LogP) is 1.01. The zero-order chi connectivity index (χ0) is 16.3. The molecule has 1 unspecified atom stereocenters. The van der Waals surface area contributed by atoms with Crippen molar-refractivity contribution < 1.29 is 9.90 Å². The normalized spacial score (nSPS) is 14.0. The molecule has 0 fully saturated rings. The van der Waals surface area contributed by atoms with E-state index in [0.717, 1.165) is 11.0 Å². The molecule has 0 spiro atoms. The van der Waals surface area contributed by atoms with Gasteiger partial charge in [-0.05, 0) is 31.9 Å². The van der Waals surface area contributed by atoms with Gasteiger partial charge in [-0.2, -0.15) is 0 Å². The van der Waals surface area contributed by atoms with Crippen LogP contribution in [0.5, 0.6) is 0 Å². The largest absolute Gasteiger partial charge is 0.396 e. The maximum Gasteiger partial charge on any atom is 0.329 e. The van der Waals surface area contributed by atoms with Crippen molar-refractivity contribution in [2.24, 2.45) is 7.05 Å². The lowest BCUT2D eigenvalue weighted by Gasteiger charge is -2.29. The molecule has 1 heterocycles. The van der Waals surface area contributed by atoms with Gasteiger partial charge in [0.25, 0.3) is 0 Å². The van der Waals surface area contributed by atoms with E-state index < -0.39 is 5.54 Å². The van der Waals surface area contributed by atoms with Gasteiger partial charge in [0.05, 0.1) is 11.0 Å².